The average molecular weight is 1420 g/mol. The van der Waals surface area contributed by atoms with Crippen LogP contribution in [0.25, 0.3) is 274 Å². The summed E-state index contributed by atoms with van der Waals surface area (Å²) in [6, 6.07) is 125. The molecule has 14 heterocycles. The second kappa shape index (κ2) is 19.0. The minimum absolute atomic E-state index is 1.12. The number of para-hydroxylation sites is 10. The molecule has 30 aromatic rings. The summed E-state index contributed by atoms with van der Waals surface area (Å²) in [4.78, 5) is 0. The van der Waals surface area contributed by atoms with Crippen molar-refractivity contribution in [3.05, 3.63) is 328 Å². The molecule has 0 amide bonds. The standard InChI is InChI=1S/C104H54N8/c1-4-22-56(23-5-1)91-89-71-30-12-16-42-82(71)107-86-54-79-87(53-78(86)100(103(89)107)105(91)58-24-6-2-7-25-58)108-83-43-17-13-31-72(83)90-92(106(101(79)104(90)108)59-26-8-3-9-27-59)57-46-44-55(45-47-57)74-50-77-68-38-19-33-63-61-29-11-15-41-81(61)110(94(63)68)99(77)102-88(74)73-39-21-37-67-76-51-84-75(52-85(76)112(102)96(67)73)66-36-20-35-65-70-49-48-69-64-34-18-32-62-60-28-10-14-40-80(60)109(93(62)64)97(69)98(70)111(84)95(65)66/h1-54H. The minimum atomic E-state index is 1.12. The summed E-state index contributed by atoms with van der Waals surface area (Å²) >= 11 is 0. The fraction of sp³-hybridized carbons (Fsp3) is 0. The highest BCUT2D eigenvalue weighted by Gasteiger charge is 2.35. The Bertz CT molecular complexity index is 9480. The van der Waals surface area contributed by atoms with Crippen molar-refractivity contribution in [2.24, 2.45) is 0 Å². The first-order valence-corrected chi connectivity index (χ1v) is 39.0. The molecule has 0 fully saturated rings. The van der Waals surface area contributed by atoms with Crippen molar-refractivity contribution in [3.8, 4) is 45.0 Å². The maximum atomic E-state index is 2.69. The molecule has 0 saturated carbocycles. The molecule has 0 saturated heterocycles. The highest BCUT2D eigenvalue weighted by molar-refractivity contribution is 6.39. The quantitative estimate of drug-likeness (QED) is 0.165. The third-order valence-corrected chi connectivity index (χ3v) is 26.8. The van der Waals surface area contributed by atoms with Crippen molar-refractivity contribution in [2.75, 3.05) is 0 Å². The van der Waals surface area contributed by atoms with Gasteiger partial charge in [-0.05, 0) is 101 Å². The van der Waals surface area contributed by atoms with Crippen molar-refractivity contribution in [2.45, 2.75) is 0 Å². The molecule has 0 unspecified atom stereocenters. The molecule has 0 aliphatic rings. The molecular weight excluding hydrogens is 1360 g/mol. The van der Waals surface area contributed by atoms with Gasteiger partial charge in [-0.25, -0.2) is 0 Å². The summed E-state index contributed by atoms with van der Waals surface area (Å²) in [6.45, 7) is 0. The molecule has 14 aromatic heterocycles. The van der Waals surface area contributed by atoms with E-state index in [0.717, 1.165) is 16.9 Å². The van der Waals surface area contributed by atoms with Gasteiger partial charge in [0, 0.05) is 130 Å². The second-order valence-electron chi connectivity index (χ2n) is 31.7. The van der Waals surface area contributed by atoms with Gasteiger partial charge in [-0.3, -0.25) is 0 Å². The SMILES string of the molecule is c1ccc(-c2c3c4ccccc4n4c5cc6c7c8c(c(-c9ccc(-c%10cc%11c%12cccc%13c%14ccccc%14n(c%13%12)c%11c%11c%10c%10cccc%12c%13cc%14c(cc%13n%11c%12%10)c%10cccc%11c%12ccc%13c%15cccc%16c%17ccccc%17n(c%16%15)c%13c%12n%14c%10%11)cc9)n7-c7ccccc7)c7ccccc7n8c6cc5c(c34)n2-c2ccccc2)cc1. The smallest absolute Gasteiger partial charge is 0.0811 e. The second-order valence-corrected chi connectivity index (χ2v) is 31.7. The van der Waals surface area contributed by atoms with Crippen LogP contribution in [0.3, 0.4) is 0 Å². The predicted octanol–water partition coefficient (Wildman–Crippen LogP) is 27.2. The molecular formula is C104H54N8. The summed E-state index contributed by atoms with van der Waals surface area (Å²) in [7, 11) is 0. The lowest BCUT2D eigenvalue weighted by atomic mass is 9.94. The van der Waals surface area contributed by atoms with E-state index in [2.05, 4.69) is 363 Å². The number of nitrogens with zero attached hydrogens (tertiary/aromatic N) is 8. The van der Waals surface area contributed by atoms with E-state index < -0.39 is 0 Å². The van der Waals surface area contributed by atoms with Gasteiger partial charge in [0.1, 0.15) is 0 Å². The number of hydrogen-bond acceptors (Lipinski definition) is 0. The van der Waals surface area contributed by atoms with Crippen molar-refractivity contribution in [1.29, 1.82) is 0 Å². The highest BCUT2D eigenvalue weighted by Crippen LogP contribution is 2.56. The summed E-state index contributed by atoms with van der Waals surface area (Å²) < 4.78 is 20.8. The molecule has 0 aliphatic carbocycles. The summed E-state index contributed by atoms with van der Waals surface area (Å²) in [5, 5.41) is 27.8. The molecule has 8 nitrogen and oxygen atoms in total. The lowest BCUT2D eigenvalue weighted by Crippen LogP contribution is -1.97. The molecule has 0 atom stereocenters. The van der Waals surface area contributed by atoms with E-state index in [-0.39, 0.29) is 0 Å². The fourth-order valence-corrected chi connectivity index (χ4v) is 22.7. The largest absolute Gasteiger partial charge is 0.306 e. The van der Waals surface area contributed by atoms with Crippen molar-refractivity contribution >= 4 is 229 Å². The van der Waals surface area contributed by atoms with Crippen LogP contribution in [-0.2, 0) is 0 Å². The number of rotatable bonds is 5. The Balaban J connectivity index is 0.689. The maximum absolute atomic E-state index is 2.69. The van der Waals surface area contributed by atoms with Crippen LogP contribution in [0.1, 0.15) is 0 Å². The zero-order valence-electron chi connectivity index (χ0n) is 59.8. The molecule has 0 spiro atoms. The molecule has 30 rings (SSSR count). The topological polar surface area (TPSA) is 36.3 Å². The van der Waals surface area contributed by atoms with Gasteiger partial charge in [-0.1, -0.05) is 249 Å². The predicted molar refractivity (Wildman–Crippen MR) is 469 cm³/mol. The highest BCUT2D eigenvalue weighted by atomic mass is 15.1. The first-order valence-electron chi connectivity index (χ1n) is 39.0. The van der Waals surface area contributed by atoms with Gasteiger partial charge in [0.2, 0.25) is 0 Å². The Hall–Kier alpha value is -15.1. The van der Waals surface area contributed by atoms with Gasteiger partial charge in [-0.2, -0.15) is 0 Å². The Morgan fingerprint density at radius 3 is 0.929 bits per heavy atom. The monoisotopic (exact) mass is 1410 g/mol. The van der Waals surface area contributed by atoms with Crippen LogP contribution >= 0.6 is 0 Å². The van der Waals surface area contributed by atoms with Gasteiger partial charge in [0.25, 0.3) is 0 Å². The van der Waals surface area contributed by atoms with Crippen LogP contribution in [0.5, 0.6) is 0 Å². The van der Waals surface area contributed by atoms with E-state index >= 15 is 0 Å². The number of benzene rings is 16. The Labute approximate surface area is 632 Å². The van der Waals surface area contributed by atoms with Gasteiger partial charge in [0.05, 0.1) is 122 Å². The molecule has 8 heteroatoms. The van der Waals surface area contributed by atoms with Crippen LogP contribution in [0.15, 0.2) is 328 Å². The lowest BCUT2D eigenvalue weighted by Gasteiger charge is -2.14. The van der Waals surface area contributed by atoms with E-state index in [1.54, 1.807) is 0 Å². The number of aromatic nitrogens is 8. The van der Waals surface area contributed by atoms with E-state index in [1.807, 2.05) is 0 Å². The van der Waals surface area contributed by atoms with Crippen molar-refractivity contribution in [1.82, 2.24) is 35.5 Å². The van der Waals surface area contributed by atoms with E-state index in [4.69, 9.17) is 0 Å². The zero-order valence-corrected chi connectivity index (χ0v) is 59.8. The average Bonchev–Trinajstić information content (AvgIpc) is 1.49. The Morgan fingerprint density at radius 1 is 0.143 bits per heavy atom. The van der Waals surface area contributed by atoms with Crippen LogP contribution in [0, 0.1) is 0 Å². The molecule has 0 bridgehead atoms. The van der Waals surface area contributed by atoms with Gasteiger partial charge >= 0.3 is 0 Å². The fourth-order valence-electron chi connectivity index (χ4n) is 22.7. The Kier molecular flexibility index (Phi) is 9.56. The van der Waals surface area contributed by atoms with Crippen LogP contribution in [0.2, 0.25) is 0 Å². The van der Waals surface area contributed by atoms with Crippen molar-refractivity contribution in [3.63, 3.8) is 0 Å². The maximum Gasteiger partial charge on any atom is 0.0811 e. The normalized spacial score (nSPS) is 13.2. The van der Waals surface area contributed by atoms with Gasteiger partial charge in [0.15, 0.2) is 0 Å². The number of fused-ring (bicyclic) bond motifs is 38. The number of hydrogen-bond donors (Lipinski definition) is 0. The molecule has 0 N–H and O–H groups in total. The van der Waals surface area contributed by atoms with Crippen molar-refractivity contribution < 1.29 is 0 Å². The molecule has 510 valence electrons. The molecule has 0 radical (unpaired) electrons. The van der Waals surface area contributed by atoms with E-state index in [9.17, 15) is 0 Å². The van der Waals surface area contributed by atoms with Gasteiger partial charge < -0.3 is 35.5 Å². The van der Waals surface area contributed by atoms with E-state index in [0.29, 0.717) is 0 Å². The summed E-state index contributed by atoms with van der Waals surface area (Å²) in [5.74, 6) is 0. The summed E-state index contributed by atoms with van der Waals surface area (Å²) in [5.41, 5.74) is 34.1. The summed E-state index contributed by atoms with van der Waals surface area (Å²) in [6.07, 6.45) is 0. The third-order valence-electron chi connectivity index (χ3n) is 26.8. The first kappa shape index (κ1) is 56.2. The third kappa shape index (κ3) is 6.18. The Morgan fingerprint density at radius 2 is 0.446 bits per heavy atom. The van der Waals surface area contributed by atoms with Crippen LogP contribution < -0.4 is 0 Å². The molecule has 16 aromatic carbocycles. The molecule has 0 aliphatic heterocycles. The zero-order chi connectivity index (χ0) is 71.7. The first-order chi connectivity index (χ1) is 55.7. The molecule has 112 heavy (non-hydrogen) atoms. The van der Waals surface area contributed by atoms with Crippen LogP contribution in [0.4, 0.5) is 0 Å². The minimum Gasteiger partial charge on any atom is -0.306 e. The lowest BCUT2D eigenvalue weighted by molar-refractivity contribution is 1.14. The van der Waals surface area contributed by atoms with E-state index in [1.165, 1.54) is 257 Å². The van der Waals surface area contributed by atoms with Gasteiger partial charge in [-0.15, -0.1) is 0 Å². The van der Waals surface area contributed by atoms with Crippen LogP contribution in [-0.4, -0.2) is 35.5 Å².